The Kier molecular flexibility index (Phi) is 8.91. The summed E-state index contributed by atoms with van der Waals surface area (Å²) >= 11 is 3.12. The molecule has 0 N–H and O–H groups in total. The first kappa shape index (κ1) is 28.5. The fraction of sp³-hybridized carbons (Fsp3) is 0.481. The first-order chi connectivity index (χ1) is 18.8. The topological polar surface area (TPSA) is 92.3 Å². The summed E-state index contributed by atoms with van der Waals surface area (Å²) in [5, 5.41) is 0.637. The molecule has 0 saturated carbocycles. The Morgan fingerprint density at radius 2 is 1.79 bits per heavy atom. The Labute approximate surface area is 238 Å². The van der Waals surface area contributed by atoms with Crippen LogP contribution in [0.25, 0.3) is 10.2 Å². The predicted octanol–water partition coefficient (Wildman–Crippen LogP) is 3.80. The molecule has 2 aromatic carbocycles. The van der Waals surface area contributed by atoms with Gasteiger partial charge in [0.2, 0.25) is 10.0 Å². The van der Waals surface area contributed by atoms with Crippen LogP contribution in [-0.4, -0.2) is 99.5 Å². The number of sulfonamides is 1. The molecule has 2 fully saturated rings. The van der Waals surface area contributed by atoms with Crippen LogP contribution in [0, 0.1) is 0 Å². The number of fused-ring (bicyclic) bond motifs is 1. The fourth-order valence-corrected chi connectivity index (χ4v) is 8.18. The molecule has 0 spiro atoms. The van der Waals surface area contributed by atoms with Crippen molar-refractivity contribution in [1.82, 2.24) is 14.2 Å². The van der Waals surface area contributed by atoms with Gasteiger partial charge in [0, 0.05) is 49.7 Å². The van der Waals surface area contributed by atoms with Crippen LogP contribution >= 0.6 is 23.1 Å². The first-order valence-corrected chi connectivity index (χ1v) is 16.6. The summed E-state index contributed by atoms with van der Waals surface area (Å²) in [7, 11) is -3.70. The molecule has 9 nitrogen and oxygen atoms in total. The highest BCUT2D eigenvalue weighted by molar-refractivity contribution is 7.98. The minimum Gasteiger partial charge on any atom is -0.379 e. The standard InChI is InChI=1S/C27H34N4O5S3/c1-19-17-30(18-20(2)36-19)39(33,34)22-9-7-21(8-10-22)26(32)31(12-11-29-13-15-35-16-14-29)27-28-25-23(37-3)5-4-6-24(25)38-27/h4-10,19-20H,11-18H2,1-3H3. The monoisotopic (exact) mass is 590 g/mol. The van der Waals surface area contributed by atoms with E-state index in [1.807, 2.05) is 38.3 Å². The third-order valence-corrected chi connectivity index (χ3v) is 10.6. The van der Waals surface area contributed by atoms with Gasteiger partial charge < -0.3 is 9.47 Å². The zero-order chi connectivity index (χ0) is 27.6. The molecule has 0 radical (unpaired) electrons. The lowest BCUT2D eigenvalue weighted by molar-refractivity contribution is -0.0440. The van der Waals surface area contributed by atoms with E-state index in [1.165, 1.54) is 27.8 Å². The van der Waals surface area contributed by atoms with Crippen molar-refractivity contribution in [2.45, 2.75) is 35.8 Å². The zero-order valence-corrected chi connectivity index (χ0v) is 24.9. The van der Waals surface area contributed by atoms with Crippen LogP contribution in [0.3, 0.4) is 0 Å². The predicted molar refractivity (Wildman–Crippen MR) is 156 cm³/mol. The zero-order valence-electron chi connectivity index (χ0n) is 22.4. The molecule has 1 amide bonds. The molecule has 39 heavy (non-hydrogen) atoms. The Morgan fingerprint density at radius 1 is 1.10 bits per heavy atom. The minimum absolute atomic E-state index is 0.171. The molecular formula is C27H34N4O5S3. The van der Waals surface area contributed by atoms with Gasteiger partial charge in [-0.1, -0.05) is 17.4 Å². The summed E-state index contributed by atoms with van der Waals surface area (Å²) < 4.78 is 40.3. The molecule has 2 aliphatic heterocycles. The number of amides is 1. The quantitative estimate of drug-likeness (QED) is 0.366. The molecule has 3 aromatic rings. The van der Waals surface area contributed by atoms with Gasteiger partial charge >= 0.3 is 0 Å². The first-order valence-electron chi connectivity index (χ1n) is 13.1. The molecule has 1 aromatic heterocycles. The number of nitrogens with zero attached hydrogens (tertiary/aromatic N) is 4. The lowest BCUT2D eigenvalue weighted by Gasteiger charge is -2.34. The summed E-state index contributed by atoms with van der Waals surface area (Å²) in [5.74, 6) is -0.203. The molecular weight excluding hydrogens is 557 g/mol. The van der Waals surface area contributed by atoms with Crippen LogP contribution in [0.2, 0.25) is 0 Å². The average Bonchev–Trinajstić information content (AvgIpc) is 3.37. The molecule has 5 rings (SSSR count). The summed E-state index contributed by atoms with van der Waals surface area (Å²) in [5.41, 5.74) is 1.31. The number of benzene rings is 2. The van der Waals surface area contributed by atoms with Crippen LogP contribution < -0.4 is 4.90 Å². The highest BCUT2D eigenvalue weighted by Crippen LogP contribution is 2.35. The van der Waals surface area contributed by atoms with Gasteiger partial charge in [-0.2, -0.15) is 4.31 Å². The molecule has 2 saturated heterocycles. The molecule has 12 heteroatoms. The van der Waals surface area contributed by atoms with E-state index >= 15 is 0 Å². The molecule has 0 bridgehead atoms. The number of ether oxygens (including phenoxy) is 2. The number of aromatic nitrogens is 1. The van der Waals surface area contributed by atoms with Crippen molar-refractivity contribution in [3.63, 3.8) is 0 Å². The van der Waals surface area contributed by atoms with E-state index in [4.69, 9.17) is 14.5 Å². The lowest BCUT2D eigenvalue weighted by atomic mass is 10.2. The van der Waals surface area contributed by atoms with E-state index in [-0.39, 0.29) is 23.0 Å². The van der Waals surface area contributed by atoms with Gasteiger partial charge in [0.1, 0.15) is 0 Å². The van der Waals surface area contributed by atoms with Gasteiger partial charge in [0.25, 0.3) is 5.91 Å². The summed E-state index contributed by atoms with van der Waals surface area (Å²) in [6.45, 7) is 8.53. The molecule has 2 aliphatic rings. The number of hydrogen-bond donors (Lipinski definition) is 0. The number of carbonyl (C=O) groups is 1. The number of thioether (sulfide) groups is 1. The molecule has 2 unspecified atom stereocenters. The minimum atomic E-state index is -3.70. The van der Waals surface area contributed by atoms with Gasteiger partial charge in [-0.25, -0.2) is 13.4 Å². The molecule has 3 heterocycles. The Balaban J connectivity index is 1.41. The molecule has 2 atom stereocenters. The maximum atomic E-state index is 13.9. The Hall–Kier alpha value is -2.06. The van der Waals surface area contributed by atoms with Crippen LogP contribution in [0.1, 0.15) is 24.2 Å². The van der Waals surface area contributed by atoms with Gasteiger partial charge in [-0.15, -0.1) is 11.8 Å². The smallest absolute Gasteiger partial charge is 0.260 e. The van der Waals surface area contributed by atoms with Gasteiger partial charge in [0.05, 0.1) is 40.5 Å². The number of anilines is 1. The Bertz CT molecular complexity index is 1400. The van der Waals surface area contributed by atoms with E-state index in [1.54, 1.807) is 28.8 Å². The number of hydrogen-bond acceptors (Lipinski definition) is 9. The van der Waals surface area contributed by atoms with Crippen molar-refractivity contribution in [3.8, 4) is 0 Å². The highest BCUT2D eigenvalue weighted by atomic mass is 32.2. The third-order valence-electron chi connectivity index (χ3n) is 6.94. The van der Waals surface area contributed by atoms with Crippen molar-refractivity contribution in [2.75, 3.05) is 63.6 Å². The van der Waals surface area contributed by atoms with E-state index in [2.05, 4.69) is 4.90 Å². The number of morpholine rings is 2. The second kappa shape index (κ2) is 12.2. The second-order valence-electron chi connectivity index (χ2n) is 9.82. The number of carbonyl (C=O) groups excluding carboxylic acids is 1. The lowest BCUT2D eigenvalue weighted by Crippen LogP contribution is -2.48. The van der Waals surface area contributed by atoms with Crippen molar-refractivity contribution in [3.05, 3.63) is 48.0 Å². The number of para-hydroxylation sites is 1. The number of thiazole rings is 1. The van der Waals surface area contributed by atoms with Crippen LogP contribution in [0.4, 0.5) is 5.13 Å². The van der Waals surface area contributed by atoms with Crippen LogP contribution in [0.15, 0.2) is 52.3 Å². The van der Waals surface area contributed by atoms with E-state index in [0.29, 0.717) is 50.1 Å². The van der Waals surface area contributed by atoms with Gasteiger partial charge in [-0.05, 0) is 56.5 Å². The number of rotatable bonds is 8. The van der Waals surface area contributed by atoms with Crippen molar-refractivity contribution >= 4 is 54.4 Å². The molecule has 0 aliphatic carbocycles. The van der Waals surface area contributed by atoms with E-state index < -0.39 is 10.0 Å². The fourth-order valence-electron chi connectivity index (χ4n) is 4.94. The maximum Gasteiger partial charge on any atom is 0.260 e. The van der Waals surface area contributed by atoms with Crippen molar-refractivity contribution in [2.24, 2.45) is 0 Å². The van der Waals surface area contributed by atoms with E-state index in [0.717, 1.165) is 28.2 Å². The SMILES string of the molecule is CSc1cccc2sc(N(CCN3CCOCC3)C(=O)c3ccc(S(=O)(=O)N4CC(C)OC(C)C4)cc3)nc12. The van der Waals surface area contributed by atoms with Gasteiger partial charge in [0.15, 0.2) is 5.13 Å². The van der Waals surface area contributed by atoms with Crippen LogP contribution in [-0.2, 0) is 19.5 Å². The maximum absolute atomic E-state index is 13.9. The van der Waals surface area contributed by atoms with Crippen molar-refractivity contribution < 1.29 is 22.7 Å². The Morgan fingerprint density at radius 3 is 2.46 bits per heavy atom. The molecule has 210 valence electrons. The highest BCUT2D eigenvalue weighted by Gasteiger charge is 2.32. The average molecular weight is 591 g/mol. The summed E-state index contributed by atoms with van der Waals surface area (Å²) in [6, 6.07) is 12.3. The summed E-state index contributed by atoms with van der Waals surface area (Å²) in [6.07, 6.45) is 1.66. The van der Waals surface area contributed by atoms with Gasteiger partial charge in [-0.3, -0.25) is 14.6 Å². The second-order valence-corrected chi connectivity index (χ2v) is 13.6. The largest absolute Gasteiger partial charge is 0.379 e. The third kappa shape index (κ3) is 6.32. The van der Waals surface area contributed by atoms with E-state index in [9.17, 15) is 13.2 Å². The van der Waals surface area contributed by atoms with Crippen molar-refractivity contribution in [1.29, 1.82) is 0 Å². The normalized spacial score (nSPS) is 21.3. The van der Waals surface area contributed by atoms with Crippen LogP contribution in [0.5, 0.6) is 0 Å². The summed E-state index contributed by atoms with van der Waals surface area (Å²) in [4.78, 5) is 24.0.